The van der Waals surface area contributed by atoms with Crippen LogP contribution in [-0.2, 0) is 4.79 Å². The Hall–Kier alpha value is -1.79. The Morgan fingerprint density at radius 1 is 1.22 bits per heavy atom. The molecule has 0 aliphatic heterocycles. The van der Waals surface area contributed by atoms with Gasteiger partial charge in [-0.1, -0.05) is 12.1 Å². The van der Waals surface area contributed by atoms with Crippen molar-refractivity contribution in [3.05, 3.63) is 24.3 Å². The molecule has 1 amide bonds. The van der Waals surface area contributed by atoms with Gasteiger partial charge in [-0.15, -0.1) is 0 Å². The fourth-order valence-electron chi connectivity index (χ4n) is 0.464. The molecule has 0 aliphatic carbocycles. The van der Waals surface area contributed by atoms with Crippen LogP contribution in [0.3, 0.4) is 0 Å². The van der Waals surface area contributed by atoms with E-state index in [4.69, 9.17) is 21.1 Å². The van der Waals surface area contributed by atoms with E-state index in [1.54, 1.807) is 26.2 Å². The minimum Gasteiger partial charge on any atom is -0.504 e. The molecule has 0 saturated heterocycles. The van der Waals surface area contributed by atoms with Gasteiger partial charge in [0.2, 0.25) is 5.91 Å². The minimum atomic E-state index is -0.0764. The number of hydrogen-bond donors (Lipinski definition) is 4. The van der Waals surface area contributed by atoms with Gasteiger partial charge >= 0.3 is 0 Å². The average molecular weight is 258 g/mol. The molecule has 18 heavy (non-hydrogen) atoms. The summed E-state index contributed by atoms with van der Waals surface area (Å²) in [4.78, 5) is 11.6. The molecule has 0 heterocycles. The summed E-state index contributed by atoms with van der Waals surface area (Å²) in [5, 5.41) is 25.1. The van der Waals surface area contributed by atoms with E-state index in [2.05, 4.69) is 0 Å². The molecule has 0 saturated carbocycles. The van der Waals surface area contributed by atoms with Gasteiger partial charge in [0.05, 0.1) is 6.61 Å². The van der Waals surface area contributed by atoms with Gasteiger partial charge in [-0.3, -0.25) is 4.79 Å². The first-order chi connectivity index (χ1) is 8.36. The molecule has 1 aromatic rings. The summed E-state index contributed by atoms with van der Waals surface area (Å²) in [6, 6.07) is 6.15. The number of carbonyl (C=O) groups is 1. The van der Waals surface area contributed by atoms with Crippen LogP contribution in [0, 0.1) is 0 Å². The van der Waals surface area contributed by atoms with E-state index in [1.807, 2.05) is 0 Å². The first-order valence-corrected chi connectivity index (χ1v) is 5.32. The van der Waals surface area contributed by atoms with E-state index in [-0.39, 0.29) is 24.0 Å². The van der Waals surface area contributed by atoms with Gasteiger partial charge in [-0.25, -0.2) is 0 Å². The molecule has 6 nitrogen and oxygen atoms in total. The van der Waals surface area contributed by atoms with E-state index in [0.29, 0.717) is 6.54 Å². The maximum Gasteiger partial charge on any atom is 0.218 e. The number of carbonyl (C=O) groups excluding carboxylic acids is 1. The number of aliphatic hydroxyl groups is 1. The monoisotopic (exact) mass is 258 g/mol. The number of amides is 1. The lowest BCUT2D eigenvalue weighted by atomic mass is 10.3. The van der Waals surface area contributed by atoms with Crippen molar-refractivity contribution < 1.29 is 20.1 Å². The Balaban J connectivity index is 0. The van der Waals surface area contributed by atoms with Gasteiger partial charge < -0.3 is 26.0 Å². The maximum atomic E-state index is 10.1. The molecule has 0 aromatic heterocycles. The highest BCUT2D eigenvalue weighted by molar-refractivity contribution is 5.72. The van der Waals surface area contributed by atoms with Crippen LogP contribution in [0.4, 0.5) is 0 Å². The summed E-state index contributed by atoms with van der Waals surface area (Å²) in [5.41, 5.74) is 4.78. The largest absolute Gasteiger partial charge is 0.504 e. The van der Waals surface area contributed by atoms with Gasteiger partial charge in [0, 0.05) is 27.6 Å². The van der Waals surface area contributed by atoms with Crippen molar-refractivity contribution in [3.8, 4) is 11.5 Å². The molecule has 0 radical (unpaired) electrons. The number of nitrogens with zero attached hydrogens (tertiary/aromatic N) is 1. The summed E-state index contributed by atoms with van der Waals surface area (Å²) in [5.74, 6) is -0.0602. The van der Waals surface area contributed by atoms with Gasteiger partial charge in [0.15, 0.2) is 11.5 Å². The third-order valence-electron chi connectivity index (χ3n) is 1.64. The highest BCUT2D eigenvalue weighted by Gasteiger charge is 1.90. The molecule has 0 unspecified atom stereocenters. The number of hydrogen-bond acceptors (Lipinski definition) is 5. The van der Waals surface area contributed by atoms with Crippen molar-refractivity contribution in [2.75, 3.05) is 27.2 Å². The summed E-state index contributed by atoms with van der Waals surface area (Å²) in [6.07, 6.45) is 0. The van der Waals surface area contributed by atoms with Crippen LogP contribution in [0.15, 0.2) is 24.3 Å². The van der Waals surface area contributed by atoms with E-state index < -0.39 is 0 Å². The molecule has 1 aromatic carbocycles. The molecule has 0 fully saturated rings. The Bertz CT molecular complexity index is 307. The zero-order valence-electron chi connectivity index (χ0n) is 11.0. The summed E-state index contributed by atoms with van der Waals surface area (Å²) < 4.78 is 0. The number of aromatic hydroxyl groups is 2. The van der Waals surface area contributed by atoms with Crippen LogP contribution in [0.1, 0.15) is 6.92 Å². The predicted molar refractivity (Wildman–Crippen MR) is 70.3 cm³/mol. The number of para-hydroxylation sites is 2. The van der Waals surface area contributed by atoms with Crippen LogP contribution < -0.4 is 5.73 Å². The quantitative estimate of drug-likeness (QED) is 0.536. The average Bonchev–Trinajstić information content (AvgIpc) is 2.34. The van der Waals surface area contributed by atoms with Gasteiger partial charge in [-0.2, -0.15) is 0 Å². The summed E-state index contributed by atoms with van der Waals surface area (Å²) in [7, 11) is 3.45. The van der Waals surface area contributed by atoms with Gasteiger partial charge in [0.25, 0.3) is 0 Å². The third-order valence-corrected chi connectivity index (χ3v) is 1.64. The number of phenolic OH excluding ortho intramolecular Hbond substituents is 2. The van der Waals surface area contributed by atoms with Crippen molar-refractivity contribution in [2.24, 2.45) is 5.73 Å². The fourth-order valence-corrected chi connectivity index (χ4v) is 0.464. The zero-order chi connectivity index (χ0) is 14.6. The standard InChI is InChI=1S/C6H6O2.C4H9NO.C2H7NO/c7-5-3-1-2-4-6(5)8;1-4(6)5(2)3;3-1-2-4/h1-4,7-8H;1-3H3;4H,1-3H2. The van der Waals surface area contributed by atoms with Crippen molar-refractivity contribution in [1.29, 1.82) is 0 Å². The van der Waals surface area contributed by atoms with Gasteiger partial charge in [-0.05, 0) is 12.1 Å². The SMILES string of the molecule is CC(=O)N(C)C.NCCO.Oc1ccccc1O. The highest BCUT2D eigenvalue weighted by Crippen LogP contribution is 2.21. The number of nitrogens with two attached hydrogens (primary N) is 1. The zero-order valence-corrected chi connectivity index (χ0v) is 11.0. The van der Waals surface area contributed by atoms with E-state index in [1.165, 1.54) is 24.0 Å². The minimum absolute atomic E-state index is 0.0764. The van der Waals surface area contributed by atoms with Gasteiger partial charge in [0.1, 0.15) is 0 Å². The second kappa shape index (κ2) is 11.7. The first kappa shape index (κ1) is 18.6. The van der Waals surface area contributed by atoms with Crippen LogP contribution in [0.25, 0.3) is 0 Å². The van der Waals surface area contributed by atoms with E-state index in [0.717, 1.165) is 0 Å². The molecule has 6 heteroatoms. The molecule has 1 rings (SSSR count). The van der Waals surface area contributed by atoms with Crippen LogP contribution in [0.2, 0.25) is 0 Å². The smallest absolute Gasteiger partial charge is 0.218 e. The Labute approximate surface area is 107 Å². The maximum absolute atomic E-state index is 10.1. The van der Waals surface area contributed by atoms with Crippen molar-refractivity contribution in [2.45, 2.75) is 6.92 Å². The molecule has 0 bridgehead atoms. The van der Waals surface area contributed by atoms with Crippen molar-refractivity contribution >= 4 is 5.91 Å². The molecule has 104 valence electrons. The van der Waals surface area contributed by atoms with Crippen LogP contribution in [-0.4, -0.2) is 53.4 Å². The second-order valence-electron chi connectivity index (χ2n) is 3.41. The summed E-state index contributed by atoms with van der Waals surface area (Å²) >= 11 is 0. The van der Waals surface area contributed by atoms with E-state index in [9.17, 15) is 4.79 Å². The third kappa shape index (κ3) is 12.3. The molecular weight excluding hydrogens is 236 g/mol. The second-order valence-corrected chi connectivity index (χ2v) is 3.41. The first-order valence-electron chi connectivity index (χ1n) is 5.32. The Morgan fingerprint density at radius 3 is 1.61 bits per heavy atom. The fraction of sp³-hybridized carbons (Fsp3) is 0.417. The molecule has 0 aliphatic rings. The Morgan fingerprint density at radius 2 is 1.50 bits per heavy atom. The number of aliphatic hydroxyl groups excluding tert-OH is 1. The number of benzene rings is 1. The summed E-state index contributed by atoms with van der Waals surface area (Å²) in [6.45, 7) is 2.00. The lowest BCUT2D eigenvalue weighted by molar-refractivity contribution is -0.126. The van der Waals surface area contributed by atoms with Crippen molar-refractivity contribution in [1.82, 2.24) is 4.90 Å². The lowest BCUT2D eigenvalue weighted by Gasteiger charge is -2.02. The lowest BCUT2D eigenvalue weighted by Crippen LogP contribution is -2.17. The van der Waals surface area contributed by atoms with Crippen LogP contribution >= 0.6 is 0 Å². The Kier molecular flexibility index (Phi) is 12.1. The highest BCUT2D eigenvalue weighted by atomic mass is 16.3. The van der Waals surface area contributed by atoms with Crippen LogP contribution in [0.5, 0.6) is 11.5 Å². The number of rotatable bonds is 1. The normalized spacial score (nSPS) is 8.28. The topological polar surface area (TPSA) is 107 Å². The molecule has 5 N–H and O–H groups in total. The predicted octanol–water partition coefficient (Wildman–Crippen LogP) is 0.130. The molecular formula is C12H22N2O4. The molecule has 0 atom stereocenters. The molecule has 0 spiro atoms. The van der Waals surface area contributed by atoms with E-state index >= 15 is 0 Å². The number of phenols is 2. The van der Waals surface area contributed by atoms with Crippen molar-refractivity contribution in [3.63, 3.8) is 0 Å².